The highest BCUT2D eigenvalue weighted by Gasteiger charge is 2.31. The summed E-state index contributed by atoms with van der Waals surface area (Å²) in [5.74, 6) is 0.243. The van der Waals surface area contributed by atoms with Gasteiger partial charge in [-0.05, 0) is 43.0 Å². The number of ketones is 1. The normalized spacial score (nSPS) is 19.9. The fraction of sp³-hybridized carbons (Fsp3) is 0.458. The summed E-state index contributed by atoms with van der Waals surface area (Å²) in [6.45, 7) is 1.17. The summed E-state index contributed by atoms with van der Waals surface area (Å²) < 4.78 is 57.4. The predicted molar refractivity (Wildman–Crippen MR) is 123 cm³/mol. The van der Waals surface area contributed by atoms with Crippen molar-refractivity contribution in [2.75, 3.05) is 24.8 Å². The Bertz CT molecular complexity index is 1280. The van der Waals surface area contributed by atoms with Crippen molar-refractivity contribution < 1.29 is 26.7 Å². The maximum Gasteiger partial charge on any atom is 0.277 e. The Balaban J connectivity index is 1.54. The van der Waals surface area contributed by atoms with Crippen molar-refractivity contribution in [3.05, 3.63) is 41.2 Å². The van der Waals surface area contributed by atoms with E-state index in [9.17, 15) is 22.0 Å². The number of fused-ring (bicyclic) bond motifs is 1. The monoisotopic (exact) mass is 489 g/mol. The molecule has 3 heterocycles. The smallest absolute Gasteiger partial charge is 0.277 e. The van der Waals surface area contributed by atoms with Gasteiger partial charge in [-0.15, -0.1) is 0 Å². The fourth-order valence-corrected chi connectivity index (χ4v) is 5.31. The second-order valence-corrected chi connectivity index (χ2v) is 11.2. The van der Waals surface area contributed by atoms with Crippen molar-refractivity contribution in [1.29, 1.82) is 0 Å². The van der Waals surface area contributed by atoms with E-state index in [0.717, 1.165) is 31.1 Å². The Kier molecular flexibility index (Phi) is 5.97. The molecule has 1 aromatic heterocycles. The highest BCUT2D eigenvalue weighted by atomic mass is 32.2. The van der Waals surface area contributed by atoms with E-state index in [1.165, 1.54) is 0 Å². The zero-order valence-electron chi connectivity index (χ0n) is 18.7. The number of carbonyl (C=O) groups excluding carboxylic acids is 1. The second kappa shape index (κ2) is 8.81. The van der Waals surface area contributed by atoms with Gasteiger partial charge in [-0.2, -0.15) is 0 Å². The van der Waals surface area contributed by atoms with Crippen molar-refractivity contribution in [2.24, 2.45) is 10.9 Å². The highest BCUT2D eigenvalue weighted by molar-refractivity contribution is 7.90. The molecule has 7 nitrogen and oxygen atoms in total. The average molecular weight is 490 g/mol. The molecule has 3 aliphatic rings. The standard InChI is InChI=1S/C24H25F2N3O4S/c1-34(31,32)22-8-14(15-6-7-33-12-15)4-5-17(22)28-18-9-16(10-21(30)13-2-3-13)27-19-11-20(24(25)26)29-23(18)19/h4-5,8-9,13,15,24H,2-3,6-7,10-12H2,1H3,(H,27,28). The van der Waals surface area contributed by atoms with Crippen LogP contribution in [0.25, 0.3) is 0 Å². The molecule has 2 fully saturated rings. The molecule has 2 aliphatic heterocycles. The molecule has 1 aromatic carbocycles. The van der Waals surface area contributed by atoms with Gasteiger partial charge in [-0.25, -0.2) is 22.2 Å². The minimum absolute atomic E-state index is 0.0447. The first kappa shape index (κ1) is 23.0. The number of halogens is 2. The van der Waals surface area contributed by atoms with Crippen LogP contribution in [0, 0.1) is 5.92 Å². The Morgan fingerprint density at radius 3 is 2.65 bits per heavy atom. The van der Waals surface area contributed by atoms with Gasteiger partial charge in [-0.3, -0.25) is 9.78 Å². The molecule has 0 spiro atoms. The topological polar surface area (TPSA) is 97.7 Å². The average Bonchev–Trinajstić information content (AvgIpc) is 3.30. The molecule has 10 heteroatoms. The minimum atomic E-state index is -3.60. The third-order valence-corrected chi connectivity index (χ3v) is 7.57. The van der Waals surface area contributed by atoms with Gasteiger partial charge in [0, 0.05) is 37.5 Å². The van der Waals surface area contributed by atoms with Crippen LogP contribution in [0.4, 0.5) is 25.8 Å². The summed E-state index contributed by atoms with van der Waals surface area (Å²) in [6, 6.07) is 6.79. The van der Waals surface area contributed by atoms with E-state index in [1.54, 1.807) is 18.2 Å². The number of carbonyl (C=O) groups is 1. The zero-order chi connectivity index (χ0) is 24.0. The van der Waals surface area contributed by atoms with Crippen LogP contribution in [0.3, 0.4) is 0 Å². The highest BCUT2D eigenvalue weighted by Crippen LogP contribution is 2.40. The summed E-state index contributed by atoms with van der Waals surface area (Å²) in [5, 5.41) is 3.10. The number of pyridine rings is 1. The summed E-state index contributed by atoms with van der Waals surface area (Å²) in [5.41, 5.74) is 2.34. The van der Waals surface area contributed by atoms with Gasteiger partial charge in [-0.1, -0.05) is 6.07 Å². The van der Waals surface area contributed by atoms with Gasteiger partial charge in [0.2, 0.25) is 0 Å². The molecule has 1 atom stereocenters. The number of sulfone groups is 1. The third kappa shape index (κ3) is 4.74. The van der Waals surface area contributed by atoms with E-state index in [2.05, 4.69) is 15.3 Å². The number of hydrogen-bond acceptors (Lipinski definition) is 7. The zero-order valence-corrected chi connectivity index (χ0v) is 19.5. The maximum absolute atomic E-state index is 13.4. The van der Waals surface area contributed by atoms with Crippen molar-refractivity contribution >= 4 is 38.4 Å². The summed E-state index contributed by atoms with van der Waals surface area (Å²) in [4.78, 5) is 21.0. The molecule has 1 N–H and O–H groups in total. The Morgan fingerprint density at radius 1 is 1.21 bits per heavy atom. The van der Waals surface area contributed by atoms with Crippen molar-refractivity contribution in [2.45, 2.75) is 49.3 Å². The molecular weight excluding hydrogens is 464 g/mol. The van der Waals surface area contributed by atoms with E-state index in [0.29, 0.717) is 36.0 Å². The lowest BCUT2D eigenvalue weighted by Crippen LogP contribution is -2.11. The van der Waals surface area contributed by atoms with Crippen LogP contribution in [0.1, 0.15) is 42.1 Å². The maximum atomic E-state index is 13.4. The number of aromatic nitrogens is 1. The lowest BCUT2D eigenvalue weighted by molar-refractivity contribution is -0.119. The first-order valence-electron chi connectivity index (χ1n) is 11.3. The first-order chi connectivity index (χ1) is 16.2. The fourth-order valence-electron chi connectivity index (χ4n) is 4.44. The van der Waals surface area contributed by atoms with Crippen LogP contribution in [-0.2, 0) is 32.2 Å². The van der Waals surface area contributed by atoms with Gasteiger partial charge < -0.3 is 10.1 Å². The molecule has 1 saturated carbocycles. The van der Waals surface area contributed by atoms with E-state index < -0.39 is 16.3 Å². The number of aliphatic imine (C=N–C) groups is 1. The van der Waals surface area contributed by atoms with Crippen LogP contribution in [0.15, 0.2) is 34.2 Å². The van der Waals surface area contributed by atoms with E-state index in [1.807, 2.05) is 6.07 Å². The molecule has 2 aromatic rings. The lowest BCUT2D eigenvalue weighted by Gasteiger charge is -2.17. The summed E-state index contributed by atoms with van der Waals surface area (Å²) in [7, 11) is -3.60. The third-order valence-electron chi connectivity index (χ3n) is 6.44. The van der Waals surface area contributed by atoms with Crippen LogP contribution >= 0.6 is 0 Å². The molecule has 1 saturated heterocycles. The first-order valence-corrected chi connectivity index (χ1v) is 13.2. The largest absolute Gasteiger partial charge is 0.381 e. The quantitative estimate of drug-likeness (QED) is 0.598. The molecule has 0 bridgehead atoms. The number of anilines is 2. The second-order valence-electron chi connectivity index (χ2n) is 9.17. The molecule has 0 radical (unpaired) electrons. The molecule has 34 heavy (non-hydrogen) atoms. The van der Waals surface area contributed by atoms with Crippen LogP contribution < -0.4 is 5.32 Å². The Labute approximate surface area is 196 Å². The number of nitrogens with zero attached hydrogens (tertiary/aromatic N) is 2. The number of Topliss-reactive ketones (excluding diaryl/α,β-unsaturated/α-hetero) is 1. The molecule has 180 valence electrons. The minimum Gasteiger partial charge on any atom is -0.381 e. The molecule has 5 rings (SSSR count). The van der Waals surface area contributed by atoms with Gasteiger partial charge in [0.1, 0.15) is 11.5 Å². The SMILES string of the molecule is CS(=O)(=O)c1cc(C2CCOC2)ccc1Nc1cc(CC(=O)C2CC2)nc2c1N=C(C(F)F)C2. The van der Waals surface area contributed by atoms with Gasteiger partial charge in [0.15, 0.2) is 9.84 Å². The van der Waals surface area contributed by atoms with Crippen molar-refractivity contribution in [1.82, 2.24) is 4.98 Å². The number of benzene rings is 1. The van der Waals surface area contributed by atoms with Gasteiger partial charge in [0.05, 0.1) is 40.0 Å². The Morgan fingerprint density at radius 2 is 2.00 bits per heavy atom. The van der Waals surface area contributed by atoms with Crippen molar-refractivity contribution in [3.63, 3.8) is 0 Å². The number of hydrogen-bond donors (Lipinski definition) is 1. The summed E-state index contributed by atoms with van der Waals surface area (Å²) >= 11 is 0. The summed E-state index contributed by atoms with van der Waals surface area (Å²) in [6.07, 6.45) is 0.956. The van der Waals surface area contributed by atoms with Crippen LogP contribution in [0.2, 0.25) is 0 Å². The lowest BCUT2D eigenvalue weighted by atomic mass is 9.98. The van der Waals surface area contributed by atoms with Crippen LogP contribution in [-0.4, -0.2) is 50.8 Å². The van der Waals surface area contributed by atoms with E-state index >= 15 is 0 Å². The molecular formula is C24H25F2N3O4S. The van der Waals surface area contributed by atoms with E-state index in [-0.39, 0.29) is 46.8 Å². The number of alkyl halides is 2. The molecule has 0 amide bonds. The predicted octanol–water partition coefficient (Wildman–Crippen LogP) is 4.15. The van der Waals surface area contributed by atoms with E-state index in [4.69, 9.17) is 4.74 Å². The molecule has 1 aliphatic carbocycles. The number of rotatable bonds is 8. The van der Waals surface area contributed by atoms with Gasteiger partial charge in [0.25, 0.3) is 6.43 Å². The van der Waals surface area contributed by atoms with Crippen molar-refractivity contribution in [3.8, 4) is 0 Å². The van der Waals surface area contributed by atoms with Crippen LogP contribution in [0.5, 0.6) is 0 Å². The number of nitrogens with one attached hydrogen (secondary N) is 1. The molecule has 1 unspecified atom stereocenters. The van der Waals surface area contributed by atoms with Gasteiger partial charge >= 0.3 is 0 Å². The Hall–Kier alpha value is -2.72. The number of ether oxygens (including phenoxy) is 1.